The largest absolute Gasteiger partial charge is 0.875 e. The van der Waals surface area contributed by atoms with Crippen molar-refractivity contribution in [2.45, 2.75) is 201 Å². The van der Waals surface area contributed by atoms with Crippen molar-refractivity contribution in [1.29, 1.82) is 0 Å². The van der Waals surface area contributed by atoms with Gasteiger partial charge in [-0.05, 0) is 153 Å². The van der Waals surface area contributed by atoms with Gasteiger partial charge in [0.05, 0.1) is 0 Å². The minimum Gasteiger partial charge on any atom is -0.875 e. The molecule has 0 unspecified atom stereocenters. The van der Waals surface area contributed by atoms with Gasteiger partial charge < -0.3 is 20.4 Å². The molecule has 0 aliphatic heterocycles. The molecule has 0 bridgehead atoms. The molecule has 0 fully saturated rings. The summed E-state index contributed by atoms with van der Waals surface area (Å²) < 4.78 is -3.00. The van der Waals surface area contributed by atoms with E-state index >= 15 is 0 Å². The third-order valence-corrected chi connectivity index (χ3v) is 22.8. The van der Waals surface area contributed by atoms with Crippen LogP contribution in [0.15, 0.2) is 217 Å². The van der Waals surface area contributed by atoms with Gasteiger partial charge in [0.15, 0.2) is 40.3 Å². The number of hydrogen-bond donors (Lipinski definition) is 0. The van der Waals surface area contributed by atoms with Crippen molar-refractivity contribution in [3.63, 3.8) is 0 Å². The molecule has 4 aromatic rings. The molecular formula is C84H104Cl12O8Rh4Si2-4. The Morgan fingerprint density at radius 2 is 0.327 bits per heavy atom. The van der Waals surface area contributed by atoms with Gasteiger partial charge in [0.1, 0.15) is 16.1 Å². The van der Waals surface area contributed by atoms with Crippen molar-refractivity contribution in [3.8, 4) is 0 Å². The van der Waals surface area contributed by atoms with Crippen molar-refractivity contribution in [2.75, 3.05) is 0 Å². The van der Waals surface area contributed by atoms with Crippen LogP contribution in [0.1, 0.15) is 180 Å². The number of Topliss-reactive ketones (excluding diaryl/α,β-unsaturated/α-hetero) is 4. The van der Waals surface area contributed by atoms with E-state index in [4.69, 9.17) is 139 Å². The molecule has 8 nitrogen and oxygen atoms in total. The van der Waals surface area contributed by atoms with Crippen molar-refractivity contribution in [1.82, 2.24) is 0 Å². The summed E-state index contributed by atoms with van der Waals surface area (Å²) >= 11 is 57.7. The van der Waals surface area contributed by atoms with E-state index in [-0.39, 0.29) is 146 Å². The molecule has 0 N–H and O–H groups in total. The Kier molecular flexibility index (Phi) is 76.9. The monoisotopic (exact) mass is 2130 g/mol. The van der Waals surface area contributed by atoms with Crippen LogP contribution in [-0.2, 0) is 97.1 Å². The van der Waals surface area contributed by atoms with E-state index in [1.807, 2.05) is 97.1 Å². The summed E-state index contributed by atoms with van der Waals surface area (Å²) in [5.74, 6) is -1.89. The number of carbonyl (C=O) groups excluding carboxylic acids is 4. The molecular weight excluding hydrogens is 2030 g/mol. The zero-order valence-corrected chi connectivity index (χ0v) is 81.9. The Bertz CT molecular complexity index is 3010. The van der Waals surface area contributed by atoms with Crippen LogP contribution >= 0.6 is 139 Å². The summed E-state index contributed by atoms with van der Waals surface area (Å²) in [6.45, 7) is 20.0. The second kappa shape index (κ2) is 71.2. The number of carbonyl (C=O) groups is 4. The quantitative estimate of drug-likeness (QED) is 0.0445. The number of ketones is 4. The second-order valence-electron chi connectivity index (χ2n) is 24.9. The third-order valence-electron chi connectivity index (χ3n) is 15.7. The van der Waals surface area contributed by atoms with Crippen LogP contribution in [0, 0.1) is 0 Å². The zero-order valence-electron chi connectivity index (χ0n) is 64.2. The van der Waals surface area contributed by atoms with E-state index in [0.29, 0.717) is 22.3 Å². The molecule has 26 heteroatoms. The number of hydrogen-bond acceptors (Lipinski definition) is 8. The maximum Gasteiger partial charge on any atom is 0.180 e. The molecule has 0 aromatic heterocycles. The first-order valence-electron chi connectivity index (χ1n) is 34.7. The Morgan fingerprint density at radius 1 is 0.236 bits per heavy atom. The maximum absolute atomic E-state index is 11.8. The number of halogens is 12. The van der Waals surface area contributed by atoms with Gasteiger partial charge in [-0.15, -0.1) is 23.0 Å². The topological polar surface area (TPSA) is 161 Å². The molecule has 8 rings (SSSR count). The molecule has 0 spiro atoms. The summed E-state index contributed by atoms with van der Waals surface area (Å²) in [6, 6.07) is 30.4. The Balaban J connectivity index is -0.000000304. The van der Waals surface area contributed by atoms with E-state index in [0.717, 1.165) is 20.7 Å². The van der Waals surface area contributed by atoms with Gasteiger partial charge in [-0.3, -0.25) is 19.2 Å². The number of rotatable bonds is 12. The molecule has 4 radical (unpaired) electrons. The Hall–Kier alpha value is -1.95. The summed E-state index contributed by atoms with van der Waals surface area (Å²) in [5, 5.41) is 51.7. The zero-order chi connectivity index (χ0) is 80.8. The third kappa shape index (κ3) is 58.0. The standard InChI is InChI=1S/2C24H28O4Si.4C8H12.4CHCl3.4Rh/c2*1-15(25)23(16(2)26)19-7-11-21(12-8-19)29(5,6)22-13-9-20(10-14-22)24(17(3)27)18(4)28;4*1-2-4-6-8-7-5-3-1;4*2-1(3)4;;;;/h2*7-14,25,27H,1-6H3;4*1-2,7-8H,3-6H2;4*1H;;;;/p-4/b2*23-15+,24-17+;4*2-1-,8-7-;;;;;;;;. The molecule has 110 heavy (non-hydrogen) atoms. The van der Waals surface area contributed by atoms with Gasteiger partial charge >= 0.3 is 0 Å². The summed E-state index contributed by atoms with van der Waals surface area (Å²) in [7, 11) is -4.08. The molecule has 0 atom stereocenters. The number of benzene rings is 4. The molecule has 4 aromatic carbocycles. The maximum atomic E-state index is 11.8. The van der Waals surface area contributed by atoms with Gasteiger partial charge in [-0.25, -0.2) is 0 Å². The molecule has 0 saturated heterocycles. The molecule has 4 aliphatic rings. The molecule has 0 amide bonds. The molecule has 0 heterocycles. The molecule has 4 aliphatic carbocycles. The normalized spacial score (nSPS) is 16.5. The second-order valence-corrected chi connectivity index (χ2v) is 41.6. The molecule has 620 valence electrons. The summed E-state index contributed by atoms with van der Waals surface area (Å²) in [5.41, 5.74) is 3.42. The average molecular weight is 2130 g/mol. The van der Waals surface area contributed by atoms with Gasteiger partial charge in [0.25, 0.3) is 0 Å². The SMILES string of the molecule is C1=C\CC/C=C\CC/1.C1=C\CC/C=C\CC/1.C1=C\CC/C=C\CC/1.C1=C\CC/C=C\CC/1.CC(=O)/C(=C(/C)[O-])c1ccc([Si](C)(C)c2ccc(/C(C(C)=O)=C(\C)[O-])cc2)cc1.CC(=O)/C(=C(/C)[O-])c1ccc([Si](C)(C)c2ccc(/C(C(C)=O)=C(\C)[O-])cc2)cc1.ClC(Cl)Cl.ClC(Cl)Cl.ClC(Cl)Cl.ClC(Cl)Cl.[Rh].[Rh].[Rh].[Rh]. The van der Waals surface area contributed by atoms with Crippen LogP contribution in [0.4, 0.5) is 0 Å². The minimum absolute atomic E-state index is 0. The van der Waals surface area contributed by atoms with Crippen LogP contribution in [0.5, 0.6) is 0 Å². The number of allylic oxidation sites excluding steroid dienone is 24. The first-order valence-corrected chi connectivity index (χ1v) is 46.0. The van der Waals surface area contributed by atoms with Gasteiger partial charge in [-0.1, -0.05) is 408 Å². The van der Waals surface area contributed by atoms with Gasteiger partial charge in [0.2, 0.25) is 0 Å². The van der Waals surface area contributed by atoms with Crippen LogP contribution in [-0.4, -0.2) is 56.5 Å². The fraction of sp³-hybridized carbons (Fsp3) is 0.381. The van der Waals surface area contributed by atoms with E-state index in [1.54, 1.807) is 0 Å². The van der Waals surface area contributed by atoms with Gasteiger partial charge in [-0.2, -0.15) is 0 Å². The van der Waals surface area contributed by atoms with Crippen LogP contribution in [0.2, 0.25) is 26.2 Å². The Morgan fingerprint density at radius 3 is 0.400 bits per heavy atom. The van der Waals surface area contributed by atoms with Crippen molar-refractivity contribution in [3.05, 3.63) is 240 Å². The predicted octanol–water partition coefficient (Wildman–Crippen LogP) is 22.4. The van der Waals surface area contributed by atoms with Crippen LogP contribution in [0.3, 0.4) is 0 Å². The van der Waals surface area contributed by atoms with Crippen molar-refractivity contribution in [2.24, 2.45) is 0 Å². The first-order chi connectivity index (χ1) is 49.9. The number of alkyl halides is 12. The van der Waals surface area contributed by atoms with Crippen LogP contribution < -0.4 is 41.2 Å². The summed E-state index contributed by atoms with van der Waals surface area (Å²) in [4.78, 5) is 47.1. The smallest absolute Gasteiger partial charge is 0.180 e. The predicted molar refractivity (Wildman–Crippen MR) is 465 cm³/mol. The first kappa shape index (κ1) is 119. The summed E-state index contributed by atoms with van der Waals surface area (Å²) in [6.07, 6.45) is 56.0. The van der Waals surface area contributed by atoms with Crippen molar-refractivity contribution >= 4 is 222 Å². The van der Waals surface area contributed by atoms with Crippen LogP contribution in [0.25, 0.3) is 22.3 Å². The van der Waals surface area contributed by atoms with Gasteiger partial charge in [0, 0.05) is 100 Å². The Labute approximate surface area is 771 Å². The minimum atomic E-state index is -2.04. The van der Waals surface area contributed by atoms with E-state index in [1.165, 1.54) is 158 Å². The van der Waals surface area contributed by atoms with E-state index in [2.05, 4.69) is 123 Å². The average Bonchev–Trinajstić information content (AvgIpc) is 0.797. The fourth-order valence-electron chi connectivity index (χ4n) is 10.6. The van der Waals surface area contributed by atoms with E-state index in [9.17, 15) is 39.6 Å². The fourth-order valence-corrected chi connectivity index (χ4v) is 15.3. The van der Waals surface area contributed by atoms with Crippen molar-refractivity contribution < 1.29 is 118 Å². The van der Waals surface area contributed by atoms with E-state index < -0.39 is 33.3 Å². The molecule has 0 saturated carbocycles.